The number of rotatable bonds is 5. The topological polar surface area (TPSA) is 68.5 Å². The number of likely N-dealkylation sites (tertiary alicyclic amines) is 1. The van der Waals surface area contributed by atoms with Gasteiger partial charge in [-0.3, -0.25) is 4.79 Å². The molecule has 0 bridgehead atoms. The lowest BCUT2D eigenvalue weighted by Crippen LogP contribution is -2.29. The molecule has 0 radical (unpaired) electrons. The van der Waals surface area contributed by atoms with Crippen molar-refractivity contribution in [3.8, 4) is 0 Å². The van der Waals surface area contributed by atoms with Crippen LogP contribution in [0.4, 0.5) is 0 Å². The van der Waals surface area contributed by atoms with E-state index in [1.165, 1.54) is 11.3 Å². The molecule has 1 aliphatic rings. The van der Waals surface area contributed by atoms with Crippen LogP contribution >= 0.6 is 11.3 Å². The largest absolute Gasteiger partial charge is 0.379 e. The first-order valence-corrected chi connectivity index (χ1v) is 9.42. The molecule has 2 aromatic heterocycles. The predicted octanol–water partition coefficient (Wildman–Crippen LogP) is 3.20. The summed E-state index contributed by atoms with van der Waals surface area (Å²) in [5.41, 5.74) is 1.69. The van der Waals surface area contributed by atoms with Gasteiger partial charge in [0, 0.05) is 44.5 Å². The second-order valence-corrected chi connectivity index (χ2v) is 8.04. The Hall–Kier alpha value is -1.73. The van der Waals surface area contributed by atoms with E-state index in [0.29, 0.717) is 19.0 Å². The molecule has 136 valence electrons. The van der Waals surface area contributed by atoms with E-state index in [2.05, 4.69) is 24.0 Å². The van der Waals surface area contributed by atoms with Crippen LogP contribution in [0, 0.1) is 19.8 Å². The van der Waals surface area contributed by atoms with Gasteiger partial charge in [-0.25, -0.2) is 4.98 Å². The monoisotopic (exact) mass is 363 g/mol. The summed E-state index contributed by atoms with van der Waals surface area (Å²) in [5, 5.41) is 4.95. The number of aryl methyl sites for hydroxylation is 2. The Kier molecular flexibility index (Phi) is 5.24. The molecule has 0 spiro atoms. The zero-order valence-electron chi connectivity index (χ0n) is 15.4. The summed E-state index contributed by atoms with van der Waals surface area (Å²) in [5.74, 6) is 1.44. The third kappa shape index (κ3) is 3.77. The Morgan fingerprint density at radius 1 is 1.44 bits per heavy atom. The molecule has 0 unspecified atom stereocenters. The average Bonchev–Trinajstić information content (AvgIpc) is 3.26. The van der Waals surface area contributed by atoms with Crippen LogP contribution in [0.15, 0.2) is 10.6 Å². The molecule has 0 N–H and O–H groups in total. The highest BCUT2D eigenvalue weighted by atomic mass is 32.1. The second kappa shape index (κ2) is 7.25. The van der Waals surface area contributed by atoms with Gasteiger partial charge in [-0.15, -0.1) is 11.3 Å². The summed E-state index contributed by atoms with van der Waals surface area (Å²) in [4.78, 5) is 20.1. The normalized spacial score (nSPS) is 20.6. The van der Waals surface area contributed by atoms with Crippen molar-refractivity contribution in [3.05, 3.63) is 33.1 Å². The first-order valence-electron chi connectivity index (χ1n) is 8.60. The minimum absolute atomic E-state index is 0.00662. The highest BCUT2D eigenvalue weighted by Gasteiger charge is 2.37. The summed E-state index contributed by atoms with van der Waals surface area (Å²) in [6, 6.07) is 1.94. The first-order chi connectivity index (χ1) is 11.9. The number of amides is 1. The van der Waals surface area contributed by atoms with E-state index in [9.17, 15) is 4.79 Å². The van der Waals surface area contributed by atoms with Crippen LogP contribution in [-0.4, -0.2) is 47.3 Å². The van der Waals surface area contributed by atoms with Crippen LogP contribution in [0.25, 0.3) is 0 Å². The van der Waals surface area contributed by atoms with E-state index in [1.807, 2.05) is 24.8 Å². The fraction of sp³-hybridized carbons (Fsp3) is 0.611. The lowest BCUT2D eigenvalue weighted by Gasteiger charge is -2.15. The summed E-state index contributed by atoms with van der Waals surface area (Å²) >= 11 is 1.51. The lowest BCUT2D eigenvalue weighted by atomic mass is 10.0. The SMILES string of the molecule is CO[C@H]1CN(C(=O)c2sc(C(C)C)nc2C)C[C@H]1Cc1cc(C)no1. The molecule has 3 rings (SSSR count). The quantitative estimate of drug-likeness (QED) is 0.816. The van der Waals surface area contributed by atoms with Gasteiger partial charge in [0.15, 0.2) is 0 Å². The Labute approximate surface area is 152 Å². The molecule has 25 heavy (non-hydrogen) atoms. The van der Waals surface area contributed by atoms with Crippen LogP contribution in [0.3, 0.4) is 0 Å². The van der Waals surface area contributed by atoms with E-state index in [-0.39, 0.29) is 17.9 Å². The van der Waals surface area contributed by atoms with Crippen molar-refractivity contribution in [1.29, 1.82) is 0 Å². The number of carbonyl (C=O) groups is 1. The van der Waals surface area contributed by atoms with Crippen molar-refractivity contribution < 1.29 is 14.1 Å². The van der Waals surface area contributed by atoms with E-state index >= 15 is 0 Å². The van der Waals surface area contributed by atoms with Crippen molar-refractivity contribution in [2.75, 3.05) is 20.2 Å². The third-order valence-corrected chi connectivity index (χ3v) is 6.06. The molecule has 0 aromatic carbocycles. The zero-order valence-corrected chi connectivity index (χ0v) is 16.2. The van der Waals surface area contributed by atoms with Gasteiger partial charge in [0.25, 0.3) is 5.91 Å². The fourth-order valence-corrected chi connectivity index (χ4v) is 4.28. The molecule has 1 aliphatic heterocycles. The Bertz CT molecular complexity index is 753. The van der Waals surface area contributed by atoms with Gasteiger partial charge in [-0.1, -0.05) is 19.0 Å². The number of nitrogens with zero attached hydrogens (tertiary/aromatic N) is 3. The molecular formula is C18H25N3O3S. The van der Waals surface area contributed by atoms with Gasteiger partial charge in [0.1, 0.15) is 10.6 Å². The van der Waals surface area contributed by atoms with Crippen LogP contribution in [-0.2, 0) is 11.2 Å². The van der Waals surface area contributed by atoms with E-state index in [1.54, 1.807) is 7.11 Å². The standard InChI is InChI=1S/C18H25N3O3S/c1-10(2)17-19-12(4)16(25-17)18(22)21-8-13(15(9-21)23-5)7-14-6-11(3)20-24-14/h6,10,13,15H,7-9H2,1-5H3/t13-,15+/m1/s1. The van der Waals surface area contributed by atoms with Crippen LogP contribution in [0.2, 0.25) is 0 Å². The number of aromatic nitrogens is 2. The lowest BCUT2D eigenvalue weighted by molar-refractivity contribution is 0.0674. The Morgan fingerprint density at radius 2 is 2.20 bits per heavy atom. The highest BCUT2D eigenvalue weighted by Crippen LogP contribution is 2.29. The Balaban J connectivity index is 1.73. The molecule has 2 atom stereocenters. The smallest absolute Gasteiger partial charge is 0.265 e. The van der Waals surface area contributed by atoms with Gasteiger partial charge >= 0.3 is 0 Å². The van der Waals surface area contributed by atoms with Crippen LogP contribution in [0.1, 0.15) is 51.6 Å². The molecule has 0 aliphatic carbocycles. The number of ether oxygens (including phenoxy) is 1. The maximum absolute atomic E-state index is 13.0. The van der Waals surface area contributed by atoms with Gasteiger partial charge in [-0.05, 0) is 13.8 Å². The molecule has 6 nitrogen and oxygen atoms in total. The number of methoxy groups -OCH3 is 1. The van der Waals surface area contributed by atoms with Crippen molar-refractivity contribution in [1.82, 2.24) is 15.0 Å². The van der Waals surface area contributed by atoms with E-state index in [0.717, 1.165) is 33.5 Å². The molecule has 2 aromatic rings. The molecule has 7 heteroatoms. The van der Waals surface area contributed by atoms with Gasteiger partial charge < -0.3 is 14.2 Å². The molecule has 3 heterocycles. The summed E-state index contributed by atoms with van der Waals surface area (Å²) < 4.78 is 11.0. The number of hydrogen-bond donors (Lipinski definition) is 0. The molecule has 1 saturated heterocycles. The van der Waals surface area contributed by atoms with Crippen molar-refractivity contribution >= 4 is 17.2 Å². The minimum atomic E-state index is 0.00662. The molecular weight excluding hydrogens is 338 g/mol. The highest BCUT2D eigenvalue weighted by molar-refractivity contribution is 7.13. The second-order valence-electron chi connectivity index (χ2n) is 7.00. The predicted molar refractivity (Wildman–Crippen MR) is 96.1 cm³/mol. The summed E-state index contributed by atoms with van der Waals surface area (Å²) in [6.45, 7) is 9.27. The van der Waals surface area contributed by atoms with Crippen molar-refractivity contribution in [2.45, 2.75) is 46.1 Å². The molecule has 1 amide bonds. The third-order valence-electron chi connectivity index (χ3n) is 4.61. The minimum Gasteiger partial charge on any atom is -0.379 e. The number of thiazole rings is 1. The molecule has 1 fully saturated rings. The van der Waals surface area contributed by atoms with E-state index in [4.69, 9.17) is 9.26 Å². The maximum atomic E-state index is 13.0. The summed E-state index contributed by atoms with van der Waals surface area (Å²) in [6.07, 6.45) is 0.731. The van der Waals surface area contributed by atoms with Gasteiger partial charge in [-0.2, -0.15) is 0 Å². The number of carbonyl (C=O) groups excluding carboxylic acids is 1. The molecule has 0 saturated carbocycles. The number of hydrogen-bond acceptors (Lipinski definition) is 6. The summed E-state index contributed by atoms with van der Waals surface area (Å²) in [7, 11) is 1.70. The van der Waals surface area contributed by atoms with Gasteiger partial charge in [0.2, 0.25) is 0 Å². The van der Waals surface area contributed by atoms with Crippen LogP contribution in [0.5, 0.6) is 0 Å². The average molecular weight is 363 g/mol. The fourth-order valence-electron chi connectivity index (χ4n) is 3.25. The van der Waals surface area contributed by atoms with Crippen LogP contribution < -0.4 is 0 Å². The zero-order chi connectivity index (χ0) is 18.1. The maximum Gasteiger partial charge on any atom is 0.265 e. The first kappa shape index (κ1) is 18.1. The Morgan fingerprint density at radius 3 is 2.76 bits per heavy atom. The van der Waals surface area contributed by atoms with Crippen molar-refractivity contribution in [3.63, 3.8) is 0 Å². The van der Waals surface area contributed by atoms with E-state index < -0.39 is 0 Å². The van der Waals surface area contributed by atoms with Crippen molar-refractivity contribution in [2.24, 2.45) is 5.92 Å². The van der Waals surface area contributed by atoms with Gasteiger partial charge in [0.05, 0.1) is 22.5 Å².